The molecular formula is C6H10N. The zero-order valence-electron chi connectivity index (χ0n) is 4.65. The van der Waals surface area contributed by atoms with E-state index in [1.54, 1.807) is 0 Å². The molecular weight excluding hydrogens is 86.1 g/mol. The third-order valence-corrected chi connectivity index (χ3v) is 0.957. The summed E-state index contributed by atoms with van der Waals surface area (Å²) in [4.78, 5) is 0. The molecule has 0 saturated heterocycles. The van der Waals surface area contributed by atoms with Gasteiger partial charge in [-0.25, -0.2) is 0 Å². The molecule has 1 heteroatoms. The molecule has 0 aliphatic heterocycles. The Kier molecular flexibility index (Phi) is 3.40. The number of hydrogen-bond donors (Lipinski definition) is 0. The van der Waals surface area contributed by atoms with Crippen LogP contribution in [0.15, 0.2) is 0 Å². The lowest BCUT2D eigenvalue weighted by Gasteiger charge is -1.96. The fourth-order valence-corrected chi connectivity index (χ4v) is 0.273. The van der Waals surface area contributed by atoms with Gasteiger partial charge in [-0.1, -0.05) is 13.3 Å². The molecule has 0 N–H and O–H groups in total. The minimum absolute atomic E-state index is 0.338. The third-order valence-electron chi connectivity index (χ3n) is 0.957. The van der Waals surface area contributed by atoms with E-state index >= 15 is 0 Å². The summed E-state index contributed by atoms with van der Waals surface area (Å²) in [6.07, 6.45) is 1.60. The molecule has 1 radical (unpaired) electrons. The van der Waals surface area contributed by atoms with Crippen LogP contribution in [0.2, 0.25) is 0 Å². The van der Waals surface area contributed by atoms with Crippen LogP contribution < -0.4 is 0 Å². The van der Waals surface area contributed by atoms with Crippen LogP contribution in [0.1, 0.15) is 19.8 Å². The van der Waals surface area contributed by atoms with Gasteiger partial charge in [0, 0.05) is 6.42 Å². The van der Waals surface area contributed by atoms with Crippen LogP contribution >= 0.6 is 0 Å². The lowest BCUT2D eigenvalue weighted by Crippen LogP contribution is -1.87. The Morgan fingerprint density at radius 1 is 1.86 bits per heavy atom. The molecule has 0 aliphatic carbocycles. The predicted molar refractivity (Wildman–Crippen MR) is 29.4 cm³/mol. The van der Waals surface area contributed by atoms with Gasteiger partial charge in [0.15, 0.2) is 0 Å². The lowest BCUT2D eigenvalue weighted by molar-refractivity contribution is 0.640. The summed E-state index contributed by atoms with van der Waals surface area (Å²) in [5.41, 5.74) is 0. The Labute approximate surface area is 45.0 Å². The molecule has 0 amide bonds. The minimum atomic E-state index is 0.338. The highest BCUT2D eigenvalue weighted by Crippen LogP contribution is 2.02. The topological polar surface area (TPSA) is 23.8 Å². The van der Waals surface area contributed by atoms with Gasteiger partial charge >= 0.3 is 0 Å². The van der Waals surface area contributed by atoms with E-state index in [4.69, 9.17) is 5.26 Å². The van der Waals surface area contributed by atoms with Crippen LogP contribution in [0.4, 0.5) is 0 Å². The first-order chi connectivity index (χ1) is 3.31. The molecule has 0 aromatic heterocycles. The van der Waals surface area contributed by atoms with Crippen molar-refractivity contribution in [3.63, 3.8) is 0 Å². The Morgan fingerprint density at radius 2 is 2.43 bits per heavy atom. The summed E-state index contributed by atoms with van der Waals surface area (Å²) < 4.78 is 0. The van der Waals surface area contributed by atoms with Gasteiger partial charge in [-0.3, -0.25) is 0 Å². The second-order valence-corrected chi connectivity index (χ2v) is 1.64. The maximum Gasteiger partial charge on any atom is 0.0624 e. The van der Waals surface area contributed by atoms with Gasteiger partial charge in [0.1, 0.15) is 0 Å². The molecule has 1 unspecified atom stereocenters. The minimum Gasteiger partial charge on any atom is -0.198 e. The van der Waals surface area contributed by atoms with Crippen molar-refractivity contribution in [3.05, 3.63) is 6.92 Å². The molecule has 1 nitrogen and oxygen atoms in total. The van der Waals surface area contributed by atoms with E-state index in [9.17, 15) is 0 Å². The van der Waals surface area contributed by atoms with Gasteiger partial charge in [0.05, 0.1) is 6.07 Å². The maximum atomic E-state index is 8.08. The first-order valence-electron chi connectivity index (χ1n) is 2.51. The van der Waals surface area contributed by atoms with Crippen LogP contribution in [-0.2, 0) is 0 Å². The second-order valence-electron chi connectivity index (χ2n) is 1.64. The number of hydrogen-bond acceptors (Lipinski definition) is 1. The van der Waals surface area contributed by atoms with Crippen LogP contribution in [0.5, 0.6) is 0 Å². The Morgan fingerprint density at radius 3 is 2.57 bits per heavy atom. The molecule has 0 bridgehead atoms. The quantitative estimate of drug-likeness (QED) is 0.514. The van der Waals surface area contributed by atoms with E-state index in [0.29, 0.717) is 12.3 Å². The largest absolute Gasteiger partial charge is 0.198 e. The smallest absolute Gasteiger partial charge is 0.0624 e. The Balaban J connectivity index is 3.03. The number of rotatable bonds is 2. The SMILES string of the molecule is [CH2]C(CC)CC#N. The van der Waals surface area contributed by atoms with Crippen LogP contribution in [0, 0.1) is 24.2 Å². The molecule has 0 spiro atoms. The summed E-state index contributed by atoms with van der Waals surface area (Å²) in [6, 6.07) is 2.06. The number of nitriles is 1. The highest BCUT2D eigenvalue weighted by atomic mass is 14.2. The van der Waals surface area contributed by atoms with Gasteiger partial charge in [-0.2, -0.15) is 5.26 Å². The molecule has 0 saturated carbocycles. The van der Waals surface area contributed by atoms with Gasteiger partial charge in [-0.15, -0.1) is 0 Å². The van der Waals surface area contributed by atoms with E-state index in [-0.39, 0.29) is 0 Å². The molecule has 1 atom stereocenters. The highest BCUT2D eigenvalue weighted by molar-refractivity contribution is 4.75. The maximum absolute atomic E-state index is 8.08. The van der Waals surface area contributed by atoms with E-state index in [2.05, 4.69) is 13.0 Å². The third kappa shape index (κ3) is 3.32. The van der Waals surface area contributed by atoms with Gasteiger partial charge in [0.25, 0.3) is 0 Å². The first kappa shape index (κ1) is 6.49. The van der Waals surface area contributed by atoms with E-state index < -0.39 is 0 Å². The van der Waals surface area contributed by atoms with Crippen LogP contribution in [0.25, 0.3) is 0 Å². The monoisotopic (exact) mass is 96.1 g/mol. The van der Waals surface area contributed by atoms with Gasteiger partial charge in [-0.05, 0) is 12.8 Å². The fourth-order valence-electron chi connectivity index (χ4n) is 0.273. The molecule has 0 aromatic rings. The van der Waals surface area contributed by atoms with E-state index in [1.165, 1.54) is 0 Å². The molecule has 0 rings (SSSR count). The van der Waals surface area contributed by atoms with Crippen molar-refractivity contribution in [3.8, 4) is 6.07 Å². The van der Waals surface area contributed by atoms with Crippen molar-refractivity contribution in [1.82, 2.24) is 0 Å². The highest BCUT2D eigenvalue weighted by Gasteiger charge is 1.93. The Hall–Kier alpha value is -0.510. The van der Waals surface area contributed by atoms with Crippen molar-refractivity contribution < 1.29 is 0 Å². The lowest BCUT2D eigenvalue weighted by atomic mass is 10.1. The molecule has 7 heavy (non-hydrogen) atoms. The van der Waals surface area contributed by atoms with E-state index in [1.807, 2.05) is 6.92 Å². The van der Waals surface area contributed by atoms with E-state index in [0.717, 1.165) is 6.42 Å². The Bertz CT molecular complexity index is 70.7. The average molecular weight is 96.2 g/mol. The normalized spacial score (nSPS) is 12.7. The molecule has 0 heterocycles. The summed E-state index contributed by atoms with van der Waals surface area (Å²) in [5.74, 6) is 0.338. The van der Waals surface area contributed by atoms with Crippen molar-refractivity contribution in [2.24, 2.45) is 5.92 Å². The standard InChI is InChI=1S/C6H10N/c1-3-6(2)4-5-7/h6H,2-4H2,1H3. The van der Waals surface area contributed by atoms with Crippen LogP contribution in [0.3, 0.4) is 0 Å². The summed E-state index contributed by atoms with van der Waals surface area (Å²) in [5, 5.41) is 8.08. The average Bonchev–Trinajstić information content (AvgIpc) is 1.68. The van der Waals surface area contributed by atoms with Gasteiger partial charge < -0.3 is 0 Å². The van der Waals surface area contributed by atoms with Crippen molar-refractivity contribution in [1.29, 1.82) is 5.26 Å². The first-order valence-corrected chi connectivity index (χ1v) is 2.51. The molecule has 0 aromatic carbocycles. The van der Waals surface area contributed by atoms with Crippen molar-refractivity contribution in [2.45, 2.75) is 19.8 Å². The van der Waals surface area contributed by atoms with Crippen LogP contribution in [-0.4, -0.2) is 0 Å². The summed E-state index contributed by atoms with van der Waals surface area (Å²) >= 11 is 0. The molecule has 0 fully saturated rings. The zero-order valence-corrected chi connectivity index (χ0v) is 4.65. The summed E-state index contributed by atoms with van der Waals surface area (Å²) in [7, 11) is 0. The predicted octanol–water partition coefficient (Wildman–Crippen LogP) is 1.76. The van der Waals surface area contributed by atoms with Crippen molar-refractivity contribution >= 4 is 0 Å². The zero-order chi connectivity index (χ0) is 5.70. The summed E-state index contributed by atoms with van der Waals surface area (Å²) in [6.45, 7) is 5.76. The molecule has 39 valence electrons. The number of nitrogens with zero attached hydrogens (tertiary/aromatic N) is 1. The second kappa shape index (κ2) is 3.67. The van der Waals surface area contributed by atoms with Gasteiger partial charge in [0.2, 0.25) is 0 Å². The fraction of sp³-hybridized carbons (Fsp3) is 0.667. The van der Waals surface area contributed by atoms with Crippen molar-refractivity contribution in [2.75, 3.05) is 0 Å². The molecule has 0 aliphatic rings.